The van der Waals surface area contributed by atoms with Crippen molar-refractivity contribution in [3.05, 3.63) is 21.7 Å². The van der Waals surface area contributed by atoms with Crippen LogP contribution in [0, 0.1) is 6.92 Å². The number of aromatic amines is 1. The van der Waals surface area contributed by atoms with Crippen LogP contribution >= 0.6 is 11.8 Å². The number of nitrogens with one attached hydrogen (secondary N) is 2. The zero-order valence-corrected chi connectivity index (χ0v) is 11.8. The molecular weight excluding hydrogens is 300 g/mol. The van der Waals surface area contributed by atoms with Crippen LogP contribution in [0.3, 0.4) is 0 Å². The molecule has 21 heavy (non-hydrogen) atoms. The average Bonchev–Trinajstić information content (AvgIpc) is 2.81. The van der Waals surface area contributed by atoms with E-state index in [4.69, 9.17) is 5.11 Å². The Morgan fingerprint density at radius 3 is 2.71 bits per heavy atom. The van der Waals surface area contributed by atoms with E-state index >= 15 is 0 Å². The molecule has 0 aliphatic carbocycles. The number of hydrogen-bond donors (Lipinski definition) is 3. The first-order chi connectivity index (χ1) is 9.90. The van der Waals surface area contributed by atoms with Gasteiger partial charge in [-0.15, -0.1) is 0 Å². The Hall–Kier alpha value is -2.36. The second kappa shape index (κ2) is 5.95. The highest BCUT2D eigenvalue weighted by atomic mass is 32.2. The summed E-state index contributed by atoms with van der Waals surface area (Å²) in [5.74, 6) is -1.89. The molecule has 9 nitrogen and oxygen atoms in total. The lowest BCUT2D eigenvalue weighted by atomic mass is 10.2. The molecule has 112 valence electrons. The first-order valence-electron chi connectivity index (χ1n) is 5.95. The molecule has 0 radical (unpaired) electrons. The van der Waals surface area contributed by atoms with Gasteiger partial charge in [0.05, 0.1) is 5.75 Å². The fraction of sp³-hybridized carbons (Fsp3) is 0.364. The standard InChI is InChI=1S/C11H12N4O5S/c1-5-7(9(17)18)8(14-10(19)13-5)21-4-6(16)15-3-2-12-11(15)20/h2-4H2,1H3,(H,12,20)(H,17,18)(H,13,14,19). The zero-order valence-electron chi connectivity index (χ0n) is 11.0. The zero-order chi connectivity index (χ0) is 15.6. The van der Waals surface area contributed by atoms with Gasteiger partial charge in [-0.1, -0.05) is 11.8 Å². The van der Waals surface area contributed by atoms with E-state index in [0.717, 1.165) is 16.7 Å². The lowest BCUT2D eigenvalue weighted by Gasteiger charge is -2.12. The Morgan fingerprint density at radius 2 is 2.14 bits per heavy atom. The minimum atomic E-state index is -1.25. The minimum absolute atomic E-state index is 0.0447. The van der Waals surface area contributed by atoms with Crippen molar-refractivity contribution >= 4 is 29.7 Å². The van der Waals surface area contributed by atoms with Crippen LogP contribution in [0.5, 0.6) is 0 Å². The van der Waals surface area contributed by atoms with E-state index in [1.54, 1.807) is 0 Å². The molecular formula is C11H12N4O5S. The van der Waals surface area contributed by atoms with Gasteiger partial charge >= 0.3 is 17.7 Å². The largest absolute Gasteiger partial charge is 0.478 e. The first-order valence-corrected chi connectivity index (χ1v) is 6.94. The molecule has 10 heteroatoms. The summed E-state index contributed by atoms with van der Waals surface area (Å²) in [7, 11) is 0. The van der Waals surface area contributed by atoms with Crippen LogP contribution in [0.25, 0.3) is 0 Å². The molecule has 3 N–H and O–H groups in total. The summed E-state index contributed by atoms with van der Waals surface area (Å²) < 4.78 is 0. The Morgan fingerprint density at radius 1 is 1.43 bits per heavy atom. The molecule has 2 rings (SSSR count). The van der Waals surface area contributed by atoms with Crippen LogP contribution < -0.4 is 11.0 Å². The number of imide groups is 1. The summed E-state index contributed by atoms with van der Waals surface area (Å²) in [6, 6.07) is -0.478. The maximum absolute atomic E-state index is 11.9. The van der Waals surface area contributed by atoms with Gasteiger partial charge in [0.1, 0.15) is 10.6 Å². The third-order valence-electron chi connectivity index (χ3n) is 2.79. The smallest absolute Gasteiger partial charge is 0.346 e. The van der Waals surface area contributed by atoms with E-state index < -0.39 is 23.6 Å². The number of carbonyl (C=O) groups is 3. The summed E-state index contributed by atoms with van der Waals surface area (Å²) in [5, 5.41) is 11.6. The third kappa shape index (κ3) is 3.21. The summed E-state index contributed by atoms with van der Waals surface area (Å²) >= 11 is 0.818. The van der Waals surface area contributed by atoms with Gasteiger partial charge in [-0.25, -0.2) is 14.4 Å². The number of aromatic carboxylic acids is 1. The number of H-pyrrole nitrogens is 1. The lowest BCUT2D eigenvalue weighted by molar-refractivity contribution is -0.124. The van der Waals surface area contributed by atoms with E-state index in [-0.39, 0.29) is 28.6 Å². The predicted molar refractivity (Wildman–Crippen MR) is 72.4 cm³/mol. The van der Waals surface area contributed by atoms with Gasteiger partial charge in [0.15, 0.2) is 0 Å². The molecule has 0 atom stereocenters. The van der Waals surface area contributed by atoms with Crippen molar-refractivity contribution in [2.45, 2.75) is 11.9 Å². The van der Waals surface area contributed by atoms with Gasteiger partial charge < -0.3 is 15.4 Å². The molecule has 0 unspecified atom stereocenters. The maximum atomic E-state index is 11.9. The summed E-state index contributed by atoms with van der Waals surface area (Å²) in [6.45, 7) is 2.09. The molecule has 2 heterocycles. The maximum Gasteiger partial charge on any atom is 0.346 e. The molecule has 0 bridgehead atoms. The Bertz CT molecular complexity index is 671. The third-order valence-corrected chi connectivity index (χ3v) is 3.75. The number of urea groups is 1. The van der Waals surface area contributed by atoms with Crippen molar-refractivity contribution in [1.29, 1.82) is 0 Å². The van der Waals surface area contributed by atoms with Crippen molar-refractivity contribution in [1.82, 2.24) is 20.2 Å². The van der Waals surface area contributed by atoms with Crippen LogP contribution in [0.1, 0.15) is 16.1 Å². The Kier molecular flexibility index (Phi) is 4.26. The van der Waals surface area contributed by atoms with E-state index in [0.29, 0.717) is 6.54 Å². The fourth-order valence-corrected chi connectivity index (χ4v) is 2.78. The van der Waals surface area contributed by atoms with Gasteiger partial charge in [-0.3, -0.25) is 9.69 Å². The SMILES string of the molecule is Cc1[nH]c(=O)nc(SCC(=O)N2CCNC2=O)c1C(=O)O. The van der Waals surface area contributed by atoms with Crippen molar-refractivity contribution in [2.75, 3.05) is 18.8 Å². The lowest BCUT2D eigenvalue weighted by Crippen LogP contribution is -2.35. The highest BCUT2D eigenvalue weighted by Crippen LogP contribution is 2.21. The first kappa shape index (κ1) is 15.0. The molecule has 0 aromatic carbocycles. The van der Waals surface area contributed by atoms with E-state index in [1.165, 1.54) is 6.92 Å². The number of hydrogen-bond acceptors (Lipinski definition) is 6. The van der Waals surface area contributed by atoms with Crippen molar-refractivity contribution in [3.8, 4) is 0 Å². The van der Waals surface area contributed by atoms with Crippen molar-refractivity contribution < 1.29 is 19.5 Å². The minimum Gasteiger partial charge on any atom is -0.478 e. The Labute approximate surface area is 122 Å². The van der Waals surface area contributed by atoms with Gasteiger partial charge in [0.2, 0.25) is 5.91 Å². The normalized spacial score (nSPS) is 14.1. The number of carbonyl (C=O) groups excluding carboxylic acids is 2. The van der Waals surface area contributed by atoms with Crippen molar-refractivity contribution in [2.24, 2.45) is 0 Å². The highest BCUT2D eigenvalue weighted by molar-refractivity contribution is 8.00. The second-order valence-electron chi connectivity index (χ2n) is 4.22. The summed E-state index contributed by atoms with van der Waals surface area (Å²) in [6.07, 6.45) is 0. The number of aryl methyl sites for hydroxylation is 1. The van der Waals surface area contributed by atoms with E-state index in [2.05, 4.69) is 15.3 Å². The topological polar surface area (TPSA) is 132 Å². The summed E-state index contributed by atoms with van der Waals surface area (Å²) in [5.41, 5.74) is -0.680. The second-order valence-corrected chi connectivity index (χ2v) is 5.18. The number of amides is 3. The monoisotopic (exact) mass is 312 g/mol. The quantitative estimate of drug-likeness (QED) is 0.500. The molecule has 1 saturated heterocycles. The number of carboxylic acid groups (broad SMARTS) is 1. The average molecular weight is 312 g/mol. The van der Waals surface area contributed by atoms with Crippen LogP contribution in [0.2, 0.25) is 0 Å². The number of carboxylic acids is 1. The van der Waals surface area contributed by atoms with E-state index in [9.17, 15) is 19.2 Å². The predicted octanol–water partition coefficient (Wildman–Crippen LogP) is -0.580. The van der Waals surface area contributed by atoms with Crippen LogP contribution in [-0.2, 0) is 4.79 Å². The molecule has 0 saturated carbocycles. The molecule has 1 fully saturated rings. The number of nitrogens with zero attached hydrogens (tertiary/aromatic N) is 2. The van der Waals surface area contributed by atoms with Crippen molar-refractivity contribution in [3.63, 3.8) is 0 Å². The number of thioether (sulfide) groups is 1. The van der Waals surface area contributed by atoms with E-state index in [1.807, 2.05) is 0 Å². The van der Waals surface area contributed by atoms with Gasteiger partial charge in [0.25, 0.3) is 0 Å². The van der Waals surface area contributed by atoms with Gasteiger partial charge in [0, 0.05) is 18.8 Å². The molecule has 1 aromatic rings. The fourth-order valence-electron chi connectivity index (χ4n) is 1.83. The molecule has 1 aliphatic heterocycles. The van der Waals surface area contributed by atoms with Gasteiger partial charge in [-0.2, -0.15) is 4.98 Å². The van der Waals surface area contributed by atoms with Crippen LogP contribution in [0.15, 0.2) is 9.82 Å². The molecule has 1 aromatic heterocycles. The summed E-state index contributed by atoms with van der Waals surface area (Å²) in [4.78, 5) is 52.6. The van der Waals surface area contributed by atoms with Crippen LogP contribution in [0.4, 0.5) is 4.79 Å². The van der Waals surface area contributed by atoms with Gasteiger partial charge in [-0.05, 0) is 6.92 Å². The highest BCUT2D eigenvalue weighted by Gasteiger charge is 2.27. The molecule has 0 spiro atoms. The molecule has 1 aliphatic rings. The number of aromatic nitrogens is 2. The number of rotatable bonds is 4. The Balaban J connectivity index is 2.16. The molecule has 3 amide bonds. The van der Waals surface area contributed by atoms with Crippen LogP contribution in [-0.4, -0.2) is 56.7 Å².